The number of nitriles is 1. The smallest absolute Gasteiger partial charge is 0.250 e. The van der Waals surface area contributed by atoms with Crippen LogP contribution < -0.4 is 11.1 Å². The molecule has 124 valence electrons. The van der Waals surface area contributed by atoms with Crippen LogP contribution in [0.3, 0.4) is 0 Å². The van der Waals surface area contributed by atoms with E-state index in [2.05, 4.69) is 26.3 Å². The highest BCUT2D eigenvalue weighted by molar-refractivity contribution is 9.10. The summed E-state index contributed by atoms with van der Waals surface area (Å²) in [6, 6.07) is 14.6. The highest BCUT2D eigenvalue weighted by Gasteiger charge is 2.10. The molecule has 0 fully saturated rings. The number of nitrogens with two attached hydrogens (primary N) is 1. The van der Waals surface area contributed by atoms with E-state index >= 15 is 0 Å². The fourth-order valence-corrected chi connectivity index (χ4v) is 3.10. The summed E-state index contributed by atoms with van der Waals surface area (Å²) in [4.78, 5) is 11.3. The normalized spacial score (nSPS) is 10.3. The molecule has 1 amide bonds. The molecule has 0 aliphatic rings. The summed E-state index contributed by atoms with van der Waals surface area (Å²) in [5.74, 6) is -0.620. The molecule has 7 heteroatoms. The molecule has 1 heterocycles. The molecule has 0 bridgehead atoms. The average Bonchev–Trinajstić information content (AvgIpc) is 2.93. The molecule has 0 saturated carbocycles. The Morgan fingerprint density at radius 1 is 1.28 bits per heavy atom. The molecule has 0 radical (unpaired) electrons. The lowest BCUT2D eigenvalue weighted by Gasteiger charge is -2.09. The number of carbonyl (C=O) groups is 1. The van der Waals surface area contributed by atoms with E-state index in [4.69, 9.17) is 5.73 Å². The van der Waals surface area contributed by atoms with E-state index in [9.17, 15) is 10.1 Å². The first-order chi connectivity index (χ1) is 12.0. The van der Waals surface area contributed by atoms with Crippen LogP contribution in [-0.2, 0) is 7.05 Å². The molecule has 0 aliphatic carbocycles. The number of aromatic nitrogens is 2. The Morgan fingerprint density at radius 2 is 2.04 bits per heavy atom. The van der Waals surface area contributed by atoms with Crippen molar-refractivity contribution in [2.45, 2.75) is 0 Å². The number of benzene rings is 2. The molecular weight excluding hydrogens is 382 g/mol. The van der Waals surface area contributed by atoms with Crippen molar-refractivity contribution in [3.8, 4) is 17.3 Å². The van der Waals surface area contributed by atoms with E-state index in [1.807, 2.05) is 43.6 Å². The van der Waals surface area contributed by atoms with E-state index < -0.39 is 5.91 Å². The van der Waals surface area contributed by atoms with Crippen LogP contribution >= 0.6 is 15.9 Å². The van der Waals surface area contributed by atoms with Gasteiger partial charge in [-0.1, -0.05) is 12.1 Å². The predicted octanol–water partition coefficient (Wildman–Crippen LogP) is 3.56. The van der Waals surface area contributed by atoms with E-state index in [0.717, 1.165) is 21.4 Å². The average molecular weight is 396 g/mol. The second-order valence-electron chi connectivity index (χ2n) is 5.44. The highest BCUT2D eigenvalue weighted by atomic mass is 79.9. The quantitative estimate of drug-likeness (QED) is 0.705. The highest BCUT2D eigenvalue weighted by Crippen LogP contribution is 2.29. The maximum atomic E-state index is 11.3. The molecule has 3 N–H and O–H groups in total. The van der Waals surface area contributed by atoms with Crippen molar-refractivity contribution in [2.24, 2.45) is 12.8 Å². The van der Waals surface area contributed by atoms with Crippen LogP contribution in [0.5, 0.6) is 0 Å². The van der Waals surface area contributed by atoms with Gasteiger partial charge in [-0.25, -0.2) is 0 Å². The molecule has 1 aromatic heterocycles. The zero-order valence-electron chi connectivity index (χ0n) is 13.3. The monoisotopic (exact) mass is 395 g/mol. The number of hydrogen-bond donors (Lipinski definition) is 2. The number of primary amides is 1. The summed E-state index contributed by atoms with van der Waals surface area (Å²) in [5, 5.41) is 16.8. The number of aryl methyl sites for hydroxylation is 1. The van der Waals surface area contributed by atoms with Gasteiger partial charge >= 0.3 is 0 Å². The van der Waals surface area contributed by atoms with Gasteiger partial charge in [0.1, 0.15) is 11.8 Å². The number of hydrogen-bond acceptors (Lipinski definition) is 4. The first kappa shape index (κ1) is 16.7. The lowest BCUT2D eigenvalue weighted by atomic mass is 10.1. The van der Waals surface area contributed by atoms with E-state index in [-0.39, 0.29) is 11.1 Å². The molecule has 0 saturated heterocycles. The van der Waals surface area contributed by atoms with Crippen molar-refractivity contribution in [1.29, 1.82) is 5.26 Å². The SMILES string of the molecule is Cn1cc(Br)c(-c2cccc(Nc3ccc(C(N)=O)c(C#N)c3)c2)n1. The second-order valence-corrected chi connectivity index (χ2v) is 6.30. The van der Waals surface area contributed by atoms with Crippen molar-refractivity contribution in [2.75, 3.05) is 5.32 Å². The minimum Gasteiger partial charge on any atom is -0.366 e. The largest absolute Gasteiger partial charge is 0.366 e. The van der Waals surface area contributed by atoms with Gasteiger partial charge in [0.05, 0.1) is 15.6 Å². The van der Waals surface area contributed by atoms with Gasteiger partial charge in [0, 0.05) is 30.2 Å². The second kappa shape index (κ2) is 6.79. The Kier molecular flexibility index (Phi) is 4.55. The van der Waals surface area contributed by atoms with Gasteiger partial charge in [-0.3, -0.25) is 9.48 Å². The molecule has 0 spiro atoms. The van der Waals surface area contributed by atoms with E-state index in [0.29, 0.717) is 5.69 Å². The van der Waals surface area contributed by atoms with Gasteiger partial charge in [0.2, 0.25) is 5.91 Å². The third-order valence-corrected chi connectivity index (χ3v) is 4.19. The summed E-state index contributed by atoms with van der Waals surface area (Å²) in [7, 11) is 1.86. The molecule has 2 aromatic carbocycles. The number of nitrogens with one attached hydrogen (secondary N) is 1. The number of amides is 1. The van der Waals surface area contributed by atoms with Crippen LogP contribution in [0.25, 0.3) is 11.3 Å². The van der Waals surface area contributed by atoms with Crippen LogP contribution in [0.4, 0.5) is 11.4 Å². The maximum absolute atomic E-state index is 11.3. The Labute approximate surface area is 153 Å². The van der Waals surface area contributed by atoms with Gasteiger partial charge in [-0.05, 0) is 46.3 Å². The molecular formula is C18H14BrN5O. The van der Waals surface area contributed by atoms with Crippen molar-refractivity contribution in [3.63, 3.8) is 0 Å². The summed E-state index contributed by atoms with van der Waals surface area (Å²) in [6.45, 7) is 0. The van der Waals surface area contributed by atoms with Gasteiger partial charge in [-0.2, -0.15) is 10.4 Å². The standard InChI is InChI=1S/C18H14BrN5O/c1-24-10-16(19)17(23-24)11-3-2-4-13(7-11)22-14-5-6-15(18(21)25)12(8-14)9-20/h2-8,10,22H,1H3,(H2,21,25). The Bertz CT molecular complexity index is 1000. The molecule has 0 aliphatic heterocycles. The Morgan fingerprint density at radius 3 is 2.68 bits per heavy atom. The van der Waals surface area contributed by atoms with Crippen molar-refractivity contribution in [3.05, 3.63) is 64.3 Å². The number of halogens is 1. The summed E-state index contributed by atoms with van der Waals surface area (Å²) in [5.41, 5.74) is 9.04. The molecule has 3 aromatic rings. The minimum absolute atomic E-state index is 0.208. The van der Waals surface area contributed by atoms with E-state index in [1.165, 1.54) is 0 Å². The fourth-order valence-electron chi connectivity index (χ4n) is 2.50. The zero-order chi connectivity index (χ0) is 18.0. The number of nitrogens with zero attached hydrogens (tertiary/aromatic N) is 3. The molecule has 3 rings (SSSR count). The molecule has 6 nitrogen and oxygen atoms in total. The first-order valence-corrected chi connectivity index (χ1v) is 8.18. The number of rotatable bonds is 4. The van der Waals surface area contributed by atoms with Crippen molar-refractivity contribution in [1.82, 2.24) is 9.78 Å². The molecule has 25 heavy (non-hydrogen) atoms. The maximum Gasteiger partial charge on any atom is 0.250 e. The van der Waals surface area contributed by atoms with Crippen molar-refractivity contribution >= 4 is 33.2 Å². The van der Waals surface area contributed by atoms with E-state index in [1.54, 1.807) is 22.9 Å². The van der Waals surface area contributed by atoms with Gasteiger partial charge in [0.15, 0.2) is 0 Å². The van der Waals surface area contributed by atoms with Gasteiger partial charge < -0.3 is 11.1 Å². The lowest BCUT2D eigenvalue weighted by molar-refractivity contribution is 0.1000. The van der Waals surface area contributed by atoms with Crippen LogP contribution in [0.15, 0.2) is 53.1 Å². The first-order valence-electron chi connectivity index (χ1n) is 7.38. The number of anilines is 2. The summed E-state index contributed by atoms with van der Waals surface area (Å²) < 4.78 is 2.64. The van der Waals surface area contributed by atoms with Crippen LogP contribution in [0, 0.1) is 11.3 Å². The minimum atomic E-state index is -0.620. The van der Waals surface area contributed by atoms with Gasteiger partial charge in [-0.15, -0.1) is 0 Å². The third-order valence-electron chi connectivity index (χ3n) is 3.61. The summed E-state index contributed by atoms with van der Waals surface area (Å²) in [6.07, 6.45) is 1.89. The Balaban J connectivity index is 1.92. The van der Waals surface area contributed by atoms with Gasteiger partial charge in [0.25, 0.3) is 0 Å². The molecule has 0 atom stereocenters. The predicted molar refractivity (Wildman–Crippen MR) is 99.3 cm³/mol. The van der Waals surface area contributed by atoms with Crippen LogP contribution in [0.2, 0.25) is 0 Å². The fraction of sp³-hybridized carbons (Fsp3) is 0.0556. The topological polar surface area (TPSA) is 96.7 Å². The molecule has 0 unspecified atom stereocenters. The third kappa shape index (κ3) is 3.54. The van der Waals surface area contributed by atoms with Crippen LogP contribution in [-0.4, -0.2) is 15.7 Å². The van der Waals surface area contributed by atoms with Crippen LogP contribution in [0.1, 0.15) is 15.9 Å². The lowest BCUT2D eigenvalue weighted by Crippen LogP contribution is -2.12. The Hall–Kier alpha value is -3.11. The van der Waals surface area contributed by atoms with Crippen molar-refractivity contribution < 1.29 is 4.79 Å². The number of carbonyl (C=O) groups excluding carboxylic acids is 1. The summed E-state index contributed by atoms with van der Waals surface area (Å²) >= 11 is 3.50. The zero-order valence-corrected chi connectivity index (χ0v) is 14.9.